The molecule has 3 N–H and O–H groups in total. The van der Waals surface area contributed by atoms with Gasteiger partial charge in [0.25, 0.3) is 5.91 Å². The SMILES string of the molecule is Nc1ccc(C(=O)NC2CCc3ccccc3C2)cc1F. The Bertz CT molecular complexity index is 684. The molecule has 21 heavy (non-hydrogen) atoms. The number of nitrogens with two attached hydrogens (primary N) is 1. The Morgan fingerprint density at radius 1 is 1.19 bits per heavy atom. The monoisotopic (exact) mass is 284 g/mol. The van der Waals surface area contributed by atoms with E-state index in [1.165, 1.54) is 23.3 Å². The molecule has 1 aliphatic carbocycles. The molecule has 0 saturated heterocycles. The fourth-order valence-corrected chi connectivity index (χ4v) is 2.76. The van der Waals surface area contributed by atoms with E-state index in [0.717, 1.165) is 19.3 Å². The zero-order chi connectivity index (χ0) is 14.8. The first-order chi connectivity index (χ1) is 10.1. The lowest BCUT2D eigenvalue weighted by Gasteiger charge is -2.25. The molecule has 0 saturated carbocycles. The molecule has 4 heteroatoms. The third-order valence-corrected chi connectivity index (χ3v) is 3.94. The highest BCUT2D eigenvalue weighted by Crippen LogP contribution is 2.21. The van der Waals surface area contributed by atoms with Crippen molar-refractivity contribution in [2.75, 3.05) is 5.73 Å². The number of amides is 1. The van der Waals surface area contributed by atoms with E-state index < -0.39 is 5.82 Å². The maximum atomic E-state index is 13.4. The van der Waals surface area contributed by atoms with Gasteiger partial charge in [-0.2, -0.15) is 0 Å². The third-order valence-electron chi connectivity index (χ3n) is 3.94. The minimum absolute atomic E-state index is 0.0538. The van der Waals surface area contributed by atoms with Crippen LogP contribution in [0, 0.1) is 5.82 Å². The molecule has 108 valence electrons. The first kappa shape index (κ1) is 13.6. The third kappa shape index (κ3) is 2.89. The standard InChI is InChI=1S/C17H17FN2O/c18-15-10-13(6-8-16(15)19)17(21)20-14-7-5-11-3-1-2-4-12(11)9-14/h1-4,6,8,10,14H,5,7,9,19H2,(H,20,21). The fourth-order valence-electron chi connectivity index (χ4n) is 2.76. The fraction of sp³-hybridized carbons (Fsp3) is 0.235. The maximum Gasteiger partial charge on any atom is 0.251 e. The van der Waals surface area contributed by atoms with Gasteiger partial charge in [0.15, 0.2) is 0 Å². The van der Waals surface area contributed by atoms with E-state index >= 15 is 0 Å². The van der Waals surface area contributed by atoms with Gasteiger partial charge in [0.2, 0.25) is 0 Å². The Morgan fingerprint density at radius 2 is 1.95 bits per heavy atom. The number of carbonyl (C=O) groups excluding carboxylic acids is 1. The van der Waals surface area contributed by atoms with Gasteiger partial charge >= 0.3 is 0 Å². The summed E-state index contributed by atoms with van der Waals surface area (Å²) >= 11 is 0. The van der Waals surface area contributed by atoms with Gasteiger partial charge in [-0.3, -0.25) is 4.79 Å². The van der Waals surface area contributed by atoms with Crippen molar-refractivity contribution in [1.29, 1.82) is 0 Å². The highest BCUT2D eigenvalue weighted by Gasteiger charge is 2.20. The average molecular weight is 284 g/mol. The molecular formula is C17H17FN2O. The number of anilines is 1. The zero-order valence-corrected chi connectivity index (χ0v) is 11.6. The summed E-state index contributed by atoms with van der Waals surface area (Å²) in [5.74, 6) is -0.810. The number of hydrogen-bond donors (Lipinski definition) is 2. The van der Waals surface area contributed by atoms with Crippen LogP contribution in [-0.4, -0.2) is 11.9 Å². The van der Waals surface area contributed by atoms with Crippen molar-refractivity contribution >= 4 is 11.6 Å². The summed E-state index contributed by atoms with van der Waals surface area (Å²) in [6.45, 7) is 0. The van der Waals surface area contributed by atoms with E-state index in [0.29, 0.717) is 5.56 Å². The van der Waals surface area contributed by atoms with Crippen molar-refractivity contribution < 1.29 is 9.18 Å². The second-order valence-electron chi connectivity index (χ2n) is 5.42. The summed E-state index contributed by atoms with van der Waals surface area (Å²) in [7, 11) is 0. The Kier molecular flexibility index (Phi) is 3.60. The molecule has 0 spiro atoms. The number of nitrogen functional groups attached to an aromatic ring is 1. The van der Waals surface area contributed by atoms with Crippen molar-refractivity contribution in [3.8, 4) is 0 Å². The topological polar surface area (TPSA) is 55.1 Å². The van der Waals surface area contributed by atoms with E-state index in [-0.39, 0.29) is 17.6 Å². The number of benzene rings is 2. The minimum Gasteiger partial charge on any atom is -0.396 e. The van der Waals surface area contributed by atoms with Crippen LogP contribution in [0.4, 0.5) is 10.1 Å². The molecule has 0 radical (unpaired) electrons. The Labute approximate surface area is 123 Å². The molecule has 0 bridgehead atoms. The van der Waals surface area contributed by atoms with E-state index in [2.05, 4.69) is 17.4 Å². The predicted molar refractivity (Wildman–Crippen MR) is 80.5 cm³/mol. The number of aryl methyl sites for hydroxylation is 1. The molecule has 1 unspecified atom stereocenters. The number of nitrogens with one attached hydrogen (secondary N) is 1. The summed E-state index contributed by atoms with van der Waals surface area (Å²) in [6.07, 6.45) is 2.68. The Hall–Kier alpha value is -2.36. The van der Waals surface area contributed by atoms with E-state index in [9.17, 15) is 9.18 Å². The van der Waals surface area contributed by atoms with Gasteiger partial charge in [-0.15, -0.1) is 0 Å². The van der Waals surface area contributed by atoms with E-state index in [1.54, 1.807) is 6.07 Å². The summed E-state index contributed by atoms with van der Waals surface area (Å²) < 4.78 is 13.4. The van der Waals surface area contributed by atoms with Crippen LogP contribution in [0.5, 0.6) is 0 Å². The lowest BCUT2D eigenvalue weighted by molar-refractivity contribution is 0.0933. The van der Waals surface area contributed by atoms with Gasteiger partial charge in [0.1, 0.15) is 5.82 Å². The van der Waals surface area contributed by atoms with Gasteiger partial charge in [-0.25, -0.2) is 4.39 Å². The van der Waals surface area contributed by atoms with Crippen LogP contribution in [0.1, 0.15) is 27.9 Å². The van der Waals surface area contributed by atoms with Crippen molar-refractivity contribution in [1.82, 2.24) is 5.32 Å². The van der Waals surface area contributed by atoms with Crippen LogP contribution in [0.3, 0.4) is 0 Å². The molecule has 1 aliphatic rings. The number of hydrogen-bond acceptors (Lipinski definition) is 2. The largest absolute Gasteiger partial charge is 0.396 e. The van der Waals surface area contributed by atoms with Gasteiger partial charge in [-0.05, 0) is 48.6 Å². The number of halogens is 1. The molecule has 1 amide bonds. The second kappa shape index (κ2) is 5.56. The van der Waals surface area contributed by atoms with Crippen LogP contribution in [-0.2, 0) is 12.8 Å². The number of fused-ring (bicyclic) bond motifs is 1. The quantitative estimate of drug-likeness (QED) is 0.833. The molecular weight excluding hydrogens is 267 g/mol. The highest BCUT2D eigenvalue weighted by molar-refractivity contribution is 5.94. The van der Waals surface area contributed by atoms with E-state index in [4.69, 9.17) is 5.73 Å². The maximum absolute atomic E-state index is 13.4. The smallest absolute Gasteiger partial charge is 0.251 e. The minimum atomic E-state index is -0.559. The van der Waals surface area contributed by atoms with Gasteiger partial charge in [0, 0.05) is 11.6 Å². The normalized spacial score (nSPS) is 17.1. The molecule has 0 aromatic heterocycles. The van der Waals surface area contributed by atoms with Gasteiger partial charge in [-0.1, -0.05) is 24.3 Å². The van der Waals surface area contributed by atoms with Crippen LogP contribution in [0.15, 0.2) is 42.5 Å². The molecule has 3 nitrogen and oxygen atoms in total. The Morgan fingerprint density at radius 3 is 2.71 bits per heavy atom. The summed E-state index contributed by atoms with van der Waals surface area (Å²) in [5.41, 5.74) is 8.40. The molecule has 3 rings (SSSR count). The molecule has 2 aromatic rings. The zero-order valence-electron chi connectivity index (χ0n) is 11.6. The lowest BCUT2D eigenvalue weighted by atomic mass is 9.88. The first-order valence-corrected chi connectivity index (χ1v) is 7.06. The molecule has 0 heterocycles. The molecule has 0 fully saturated rings. The summed E-state index contributed by atoms with van der Waals surface area (Å²) in [5, 5.41) is 2.98. The highest BCUT2D eigenvalue weighted by atomic mass is 19.1. The summed E-state index contributed by atoms with van der Waals surface area (Å²) in [6, 6.07) is 12.5. The lowest BCUT2D eigenvalue weighted by Crippen LogP contribution is -2.38. The van der Waals surface area contributed by atoms with E-state index in [1.807, 2.05) is 12.1 Å². The summed E-state index contributed by atoms with van der Waals surface area (Å²) in [4.78, 5) is 12.2. The molecule has 0 aliphatic heterocycles. The van der Waals surface area contributed by atoms with Crippen LogP contribution in [0.25, 0.3) is 0 Å². The van der Waals surface area contributed by atoms with Crippen molar-refractivity contribution in [3.63, 3.8) is 0 Å². The number of carbonyl (C=O) groups is 1. The predicted octanol–water partition coefficient (Wildman–Crippen LogP) is 2.70. The number of rotatable bonds is 2. The molecule has 1 atom stereocenters. The average Bonchev–Trinajstić information content (AvgIpc) is 2.50. The van der Waals surface area contributed by atoms with Crippen LogP contribution >= 0.6 is 0 Å². The van der Waals surface area contributed by atoms with Gasteiger partial charge in [0.05, 0.1) is 5.69 Å². The first-order valence-electron chi connectivity index (χ1n) is 7.06. The van der Waals surface area contributed by atoms with Crippen LogP contribution < -0.4 is 11.1 Å². The van der Waals surface area contributed by atoms with Crippen LogP contribution in [0.2, 0.25) is 0 Å². The molecule has 2 aromatic carbocycles. The van der Waals surface area contributed by atoms with Crippen molar-refractivity contribution in [2.45, 2.75) is 25.3 Å². The van der Waals surface area contributed by atoms with Crippen molar-refractivity contribution in [3.05, 3.63) is 65.0 Å². The second-order valence-corrected chi connectivity index (χ2v) is 5.42. The van der Waals surface area contributed by atoms with Crippen molar-refractivity contribution in [2.24, 2.45) is 0 Å². The Balaban J connectivity index is 1.70. The van der Waals surface area contributed by atoms with Gasteiger partial charge < -0.3 is 11.1 Å².